The summed E-state index contributed by atoms with van der Waals surface area (Å²) >= 11 is 0. The van der Waals surface area contributed by atoms with Crippen molar-refractivity contribution in [2.24, 2.45) is 0 Å². The number of nitrogens with zero attached hydrogens (tertiary/aromatic N) is 2. The topological polar surface area (TPSA) is 25.8 Å². The third-order valence-corrected chi connectivity index (χ3v) is 11.9. The minimum atomic E-state index is 0.932. The minimum absolute atomic E-state index is 0.932. The number of benzene rings is 9. The normalized spacial score (nSPS) is 11.9. The lowest BCUT2D eigenvalue weighted by Gasteiger charge is -2.17. The van der Waals surface area contributed by atoms with Gasteiger partial charge in [0.05, 0.1) is 11.0 Å². The molecule has 0 unspecified atom stereocenters. The van der Waals surface area contributed by atoms with Gasteiger partial charge >= 0.3 is 0 Å². The van der Waals surface area contributed by atoms with Gasteiger partial charge < -0.3 is 0 Å². The van der Waals surface area contributed by atoms with Crippen LogP contribution < -0.4 is 0 Å². The Labute approximate surface area is 322 Å². The maximum Gasteiger partial charge on any atom is 0.0970 e. The van der Waals surface area contributed by atoms with Gasteiger partial charge in [0.25, 0.3) is 0 Å². The van der Waals surface area contributed by atoms with Gasteiger partial charge in [-0.15, -0.1) is 0 Å². The van der Waals surface area contributed by atoms with E-state index in [2.05, 4.69) is 175 Å². The smallest absolute Gasteiger partial charge is 0.0970 e. The van der Waals surface area contributed by atoms with Crippen LogP contribution >= 0.6 is 0 Å². The highest BCUT2D eigenvalue weighted by molar-refractivity contribution is 6.34. The first-order chi connectivity index (χ1) is 27.8. The van der Waals surface area contributed by atoms with E-state index in [0.717, 1.165) is 32.9 Å². The van der Waals surface area contributed by atoms with Gasteiger partial charge in [0, 0.05) is 23.2 Å². The average molecular weight is 709 g/mol. The van der Waals surface area contributed by atoms with E-state index in [1.807, 2.05) is 24.5 Å². The predicted molar refractivity (Wildman–Crippen MR) is 238 cm³/mol. The van der Waals surface area contributed by atoms with E-state index in [0.29, 0.717) is 0 Å². The molecule has 0 N–H and O–H groups in total. The fourth-order valence-corrected chi connectivity index (χ4v) is 9.46. The zero-order valence-corrected chi connectivity index (χ0v) is 30.4. The molecule has 12 rings (SSSR count). The third-order valence-electron chi connectivity index (χ3n) is 11.9. The van der Waals surface area contributed by atoms with Crippen LogP contribution in [0.3, 0.4) is 0 Å². The van der Waals surface area contributed by atoms with Crippen molar-refractivity contribution in [3.63, 3.8) is 0 Å². The Balaban J connectivity index is 1.09. The van der Waals surface area contributed by atoms with Gasteiger partial charge in [-0.3, -0.25) is 9.97 Å². The van der Waals surface area contributed by atoms with Crippen LogP contribution in [0.4, 0.5) is 0 Å². The van der Waals surface area contributed by atoms with E-state index in [1.54, 1.807) is 0 Å². The molecule has 12 aromatic rings. The van der Waals surface area contributed by atoms with Gasteiger partial charge in [0.15, 0.2) is 0 Å². The fourth-order valence-electron chi connectivity index (χ4n) is 9.46. The van der Waals surface area contributed by atoms with E-state index < -0.39 is 0 Å². The highest BCUT2D eigenvalue weighted by Crippen LogP contribution is 2.45. The number of rotatable bonds is 3. The van der Waals surface area contributed by atoms with Crippen molar-refractivity contribution >= 4 is 86.4 Å². The Hall–Kier alpha value is -7.42. The molecule has 2 nitrogen and oxygen atoms in total. The summed E-state index contributed by atoms with van der Waals surface area (Å²) in [5, 5.41) is 17.5. The molecule has 56 heavy (non-hydrogen) atoms. The van der Waals surface area contributed by atoms with Crippen molar-refractivity contribution in [2.75, 3.05) is 0 Å². The van der Waals surface area contributed by atoms with E-state index in [1.165, 1.54) is 86.9 Å². The Morgan fingerprint density at radius 3 is 1.46 bits per heavy atom. The molecule has 2 aromatic heterocycles. The Morgan fingerprint density at radius 1 is 0.250 bits per heavy atom. The molecule has 10 aromatic carbocycles. The molecular formula is C54H32N2. The standard InChI is InChI=1S/C54H32N2/c1-2-14-40-39(13-1)38(33-22-24-34(25-23-33)49-32-37-12-8-30-55-53(37)54-48(49)21-9-31-56-54)28-29-42(40)45-19-7-20-47-46-18-6-11-36-27-26-35-10-5-17-43(50(35)51(36)46)41-15-3-4-16-44(41)52(45)47/h1-32H. The van der Waals surface area contributed by atoms with Crippen LogP contribution in [0.1, 0.15) is 0 Å². The summed E-state index contributed by atoms with van der Waals surface area (Å²) in [6, 6.07) is 67.0. The van der Waals surface area contributed by atoms with Crippen molar-refractivity contribution in [1.29, 1.82) is 0 Å². The first-order valence-corrected chi connectivity index (χ1v) is 19.2. The lowest BCUT2D eigenvalue weighted by Crippen LogP contribution is -1.90. The highest BCUT2D eigenvalue weighted by Gasteiger charge is 2.17. The Bertz CT molecular complexity index is 3580. The van der Waals surface area contributed by atoms with E-state index in [9.17, 15) is 0 Å². The molecule has 0 spiro atoms. The van der Waals surface area contributed by atoms with Crippen LogP contribution in [0.25, 0.3) is 120 Å². The van der Waals surface area contributed by atoms with Gasteiger partial charge in [0.2, 0.25) is 0 Å². The number of hydrogen-bond donors (Lipinski definition) is 0. The van der Waals surface area contributed by atoms with Crippen molar-refractivity contribution in [3.05, 3.63) is 194 Å². The van der Waals surface area contributed by atoms with Gasteiger partial charge in [-0.1, -0.05) is 164 Å². The SMILES string of the molecule is c1cnc2c(c1)cc(-c1ccc(-c3ccc(-c4cccc5c6cccc7ccc8cccc(c9ccccc9c45)c8c76)c4ccccc34)cc1)c1cccnc12. The summed E-state index contributed by atoms with van der Waals surface area (Å²) in [6.07, 6.45) is 3.69. The molecular weight excluding hydrogens is 677 g/mol. The molecule has 0 bridgehead atoms. The molecule has 0 radical (unpaired) electrons. The van der Waals surface area contributed by atoms with E-state index in [4.69, 9.17) is 4.98 Å². The van der Waals surface area contributed by atoms with Crippen molar-refractivity contribution in [1.82, 2.24) is 9.97 Å². The summed E-state index contributed by atoms with van der Waals surface area (Å²) in [4.78, 5) is 9.41. The molecule has 2 heteroatoms. The quantitative estimate of drug-likeness (QED) is 0.171. The molecule has 0 amide bonds. The zero-order chi connectivity index (χ0) is 36.7. The molecule has 0 aliphatic rings. The van der Waals surface area contributed by atoms with Crippen LogP contribution in [0.2, 0.25) is 0 Å². The maximum atomic E-state index is 4.74. The number of aromatic nitrogens is 2. The average Bonchev–Trinajstić information content (AvgIpc) is 3.27. The highest BCUT2D eigenvalue weighted by atomic mass is 14.7. The van der Waals surface area contributed by atoms with Crippen molar-refractivity contribution < 1.29 is 0 Å². The first-order valence-electron chi connectivity index (χ1n) is 19.2. The van der Waals surface area contributed by atoms with E-state index >= 15 is 0 Å². The number of pyridine rings is 2. The summed E-state index contributed by atoms with van der Waals surface area (Å²) < 4.78 is 0. The number of hydrogen-bond acceptors (Lipinski definition) is 2. The fraction of sp³-hybridized carbons (Fsp3) is 0. The Morgan fingerprint density at radius 2 is 0.732 bits per heavy atom. The minimum Gasteiger partial charge on any atom is -0.254 e. The van der Waals surface area contributed by atoms with Crippen molar-refractivity contribution in [2.45, 2.75) is 0 Å². The molecule has 0 aliphatic carbocycles. The van der Waals surface area contributed by atoms with Crippen LogP contribution in [-0.2, 0) is 0 Å². The summed E-state index contributed by atoms with van der Waals surface area (Å²) in [5.74, 6) is 0. The molecule has 0 fully saturated rings. The molecule has 0 saturated heterocycles. The van der Waals surface area contributed by atoms with Crippen LogP contribution in [0.15, 0.2) is 194 Å². The monoisotopic (exact) mass is 708 g/mol. The molecule has 258 valence electrons. The van der Waals surface area contributed by atoms with Gasteiger partial charge in [-0.05, 0) is 116 Å². The summed E-state index contributed by atoms with van der Waals surface area (Å²) in [5.41, 5.74) is 9.06. The third kappa shape index (κ3) is 4.50. The molecule has 0 aliphatic heterocycles. The Kier molecular flexibility index (Phi) is 6.66. The van der Waals surface area contributed by atoms with Crippen LogP contribution in [0, 0.1) is 0 Å². The number of fused-ring (bicyclic) bond motifs is 9. The maximum absolute atomic E-state index is 4.74. The van der Waals surface area contributed by atoms with Crippen molar-refractivity contribution in [3.8, 4) is 33.4 Å². The summed E-state index contributed by atoms with van der Waals surface area (Å²) in [7, 11) is 0. The lowest BCUT2D eigenvalue weighted by molar-refractivity contribution is 1.37. The molecule has 2 heterocycles. The second kappa shape index (κ2) is 12.0. The largest absolute Gasteiger partial charge is 0.254 e. The second-order valence-electron chi connectivity index (χ2n) is 14.8. The van der Waals surface area contributed by atoms with Crippen LogP contribution in [-0.4, -0.2) is 9.97 Å². The second-order valence-corrected chi connectivity index (χ2v) is 14.8. The van der Waals surface area contributed by atoms with Crippen LogP contribution in [0.5, 0.6) is 0 Å². The van der Waals surface area contributed by atoms with E-state index in [-0.39, 0.29) is 0 Å². The van der Waals surface area contributed by atoms with Gasteiger partial charge in [0.1, 0.15) is 0 Å². The molecule has 0 atom stereocenters. The zero-order valence-electron chi connectivity index (χ0n) is 30.4. The molecule has 0 saturated carbocycles. The first kappa shape index (κ1) is 31.0. The predicted octanol–water partition coefficient (Wildman–Crippen LogP) is 14.7. The van der Waals surface area contributed by atoms with Gasteiger partial charge in [-0.2, -0.15) is 0 Å². The summed E-state index contributed by atoms with van der Waals surface area (Å²) in [6.45, 7) is 0. The lowest BCUT2D eigenvalue weighted by atomic mass is 9.86. The van der Waals surface area contributed by atoms with Gasteiger partial charge in [-0.25, -0.2) is 0 Å².